The number of fused-ring (bicyclic) bond motifs is 2. The minimum Gasteiger partial charge on any atom is -0.629 e. The van der Waals surface area contributed by atoms with Gasteiger partial charge in [-0.3, -0.25) is 4.90 Å². The molecule has 3 unspecified atom stereocenters. The third-order valence-electron chi connectivity index (χ3n) is 4.48. The molecule has 0 aliphatic carbocycles. The number of benzene rings is 1. The molecule has 1 aromatic carbocycles. The lowest BCUT2D eigenvalue weighted by molar-refractivity contribution is -0.751. The van der Waals surface area contributed by atoms with Gasteiger partial charge in [-0.1, -0.05) is 0 Å². The summed E-state index contributed by atoms with van der Waals surface area (Å²) >= 11 is 0. The molecular weight excluding hydrogens is 238 g/mol. The number of nitrogens with zero attached hydrogens (tertiary/aromatic N) is 2. The van der Waals surface area contributed by atoms with Crippen LogP contribution in [0, 0.1) is 5.21 Å². The number of hydroxylamine groups is 1. The molecule has 104 valence electrons. The Morgan fingerprint density at radius 1 is 1.16 bits per heavy atom. The molecule has 3 fully saturated rings. The smallest absolute Gasteiger partial charge is 0.131 e. The molecule has 2 bridgehead atoms. The SMILES string of the molecule is CC(C)N1C2CC1CN(c1ccc([NH+](C)[O-])cc1)C2. The summed E-state index contributed by atoms with van der Waals surface area (Å²) in [6, 6.07) is 10.1. The first kappa shape index (κ1) is 12.9. The number of rotatable bonds is 3. The Bertz CT molecular complexity index is 431. The fourth-order valence-electron chi connectivity index (χ4n) is 3.60. The molecule has 4 nitrogen and oxygen atoms in total. The van der Waals surface area contributed by atoms with E-state index in [0.717, 1.165) is 18.8 Å². The van der Waals surface area contributed by atoms with Crippen molar-refractivity contribution in [2.75, 3.05) is 25.0 Å². The van der Waals surface area contributed by atoms with Gasteiger partial charge in [0.25, 0.3) is 0 Å². The topological polar surface area (TPSA) is 34.0 Å². The van der Waals surface area contributed by atoms with Crippen molar-refractivity contribution in [1.82, 2.24) is 4.90 Å². The summed E-state index contributed by atoms with van der Waals surface area (Å²) in [6.07, 6.45) is 1.35. The molecule has 1 N–H and O–H groups in total. The molecule has 3 aliphatic heterocycles. The third-order valence-corrected chi connectivity index (χ3v) is 4.48. The van der Waals surface area contributed by atoms with Crippen molar-refractivity contribution >= 4 is 11.4 Å². The first-order valence-electron chi connectivity index (χ1n) is 7.19. The number of piperidine rings is 1. The third kappa shape index (κ3) is 2.24. The number of hydrogen-bond acceptors (Lipinski definition) is 3. The minimum absolute atomic E-state index is 0.138. The zero-order chi connectivity index (χ0) is 13.6. The van der Waals surface area contributed by atoms with Gasteiger partial charge in [0, 0.05) is 49.0 Å². The van der Waals surface area contributed by atoms with Crippen molar-refractivity contribution in [2.24, 2.45) is 0 Å². The van der Waals surface area contributed by atoms with E-state index in [0.29, 0.717) is 18.1 Å². The Hall–Kier alpha value is -1.10. The van der Waals surface area contributed by atoms with E-state index in [-0.39, 0.29) is 5.06 Å². The molecule has 0 amide bonds. The van der Waals surface area contributed by atoms with Gasteiger partial charge in [0.1, 0.15) is 5.69 Å². The highest BCUT2D eigenvalue weighted by Crippen LogP contribution is 2.36. The van der Waals surface area contributed by atoms with Crippen LogP contribution in [0.3, 0.4) is 0 Å². The molecule has 0 saturated carbocycles. The highest BCUT2D eigenvalue weighted by molar-refractivity contribution is 5.52. The van der Waals surface area contributed by atoms with Crippen LogP contribution in [0.25, 0.3) is 0 Å². The first-order chi connectivity index (χ1) is 9.06. The van der Waals surface area contributed by atoms with Crippen molar-refractivity contribution in [3.63, 3.8) is 0 Å². The van der Waals surface area contributed by atoms with Crippen LogP contribution in [0.2, 0.25) is 0 Å². The molecule has 3 heterocycles. The first-order valence-corrected chi connectivity index (χ1v) is 7.19. The van der Waals surface area contributed by atoms with Crippen molar-refractivity contribution in [3.05, 3.63) is 29.5 Å². The Morgan fingerprint density at radius 3 is 2.21 bits per heavy atom. The molecule has 4 heteroatoms. The molecule has 3 aliphatic rings. The van der Waals surface area contributed by atoms with Gasteiger partial charge in [-0.05, 0) is 32.4 Å². The summed E-state index contributed by atoms with van der Waals surface area (Å²) < 4.78 is 0. The molecule has 0 spiro atoms. The maximum Gasteiger partial charge on any atom is 0.131 e. The van der Waals surface area contributed by atoms with Gasteiger partial charge in [0.05, 0.1) is 7.05 Å². The highest BCUT2D eigenvalue weighted by atomic mass is 16.5. The molecular formula is C15H23N3O. The van der Waals surface area contributed by atoms with E-state index in [1.54, 1.807) is 7.05 Å². The molecule has 4 rings (SSSR count). The second kappa shape index (κ2) is 4.78. The van der Waals surface area contributed by atoms with Gasteiger partial charge in [0.2, 0.25) is 0 Å². The summed E-state index contributed by atoms with van der Waals surface area (Å²) in [5.74, 6) is 0. The van der Waals surface area contributed by atoms with Crippen molar-refractivity contribution in [1.29, 1.82) is 0 Å². The van der Waals surface area contributed by atoms with Crippen molar-refractivity contribution < 1.29 is 5.06 Å². The molecule has 19 heavy (non-hydrogen) atoms. The predicted molar refractivity (Wildman–Crippen MR) is 77.7 cm³/mol. The maximum atomic E-state index is 11.3. The lowest BCUT2D eigenvalue weighted by Gasteiger charge is -2.58. The Balaban J connectivity index is 1.69. The fraction of sp³-hybridized carbons (Fsp3) is 0.600. The summed E-state index contributed by atoms with van der Waals surface area (Å²) in [7, 11) is 1.62. The number of anilines is 1. The number of piperazine rings is 1. The Morgan fingerprint density at radius 2 is 1.74 bits per heavy atom. The Labute approximate surface area is 115 Å². The quantitative estimate of drug-likeness (QED) is 0.824. The van der Waals surface area contributed by atoms with Gasteiger partial charge in [-0.2, -0.15) is 0 Å². The molecule has 0 radical (unpaired) electrons. The van der Waals surface area contributed by atoms with Gasteiger partial charge in [0.15, 0.2) is 0 Å². The van der Waals surface area contributed by atoms with Crippen LogP contribution < -0.4 is 9.96 Å². The van der Waals surface area contributed by atoms with Crippen molar-refractivity contribution in [3.8, 4) is 0 Å². The zero-order valence-electron chi connectivity index (χ0n) is 12.0. The fourth-order valence-corrected chi connectivity index (χ4v) is 3.60. The van der Waals surface area contributed by atoms with Gasteiger partial charge >= 0.3 is 0 Å². The van der Waals surface area contributed by atoms with Crippen LogP contribution in [0.4, 0.5) is 11.4 Å². The normalized spacial score (nSPS) is 28.4. The zero-order valence-corrected chi connectivity index (χ0v) is 12.0. The lowest BCUT2D eigenvalue weighted by Crippen LogP contribution is -2.98. The average molecular weight is 261 g/mol. The van der Waals surface area contributed by atoms with Crippen LogP contribution in [0.15, 0.2) is 24.3 Å². The molecule has 1 aromatic rings. The van der Waals surface area contributed by atoms with E-state index in [1.807, 2.05) is 12.1 Å². The van der Waals surface area contributed by atoms with Gasteiger partial charge in [-0.15, -0.1) is 0 Å². The summed E-state index contributed by atoms with van der Waals surface area (Å²) in [5.41, 5.74) is 2.05. The Kier molecular flexibility index (Phi) is 3.25. The number of hydrogen-bond donors (Lipinski definition) is 1. The molecule has 0 aromatic heterocycles. The number of quaternary nitrogens is 1. The van der Waals surface area contributed by atoms with E-state index in [1.165, 1.54) is 12.1 Å². The van der Waals surface area contributed by atoms with Crippen LogP contribution in [-0.4, -0.2) is 43.2 Å². The highest BCUT2D eigenvalue weighted by Gasteiger charge is 2.45. The van der Waals surface area contributed by atoms with Crippen LogP contribution in [-0.2, 0) is 0 Å². The van der Waals surface area contributed by atoms with Crippen LogP contribution in [0.5, 0.6) is 0 Å². The van der Waals surface area contributed by atoms with Gasteiger partial charge in [-0.25, -0.2) is 0 Å². The minimum atomic E-state index is 0.138. The van der Waals surface area contributed by atoms with E-state index < -0.39 is 0 Å². The predicted octanol–water partition coefficient (Wildman–Crippen LogP) is 1.00. The monoisotopic (exact) mass is 261 g/mol. The second-order valence-electron chi connectivity index (χ2n) is 6.09. The van der Waals surface area contributed by atoms with Crippen LogP contribution in [0.1, 0.15) is 20.3 Å². The maximum absolute atomic E-state index is 11.3. The van der Waals surface area contributed by atoms with E-state index in [4.69, 9.17) is 0 Å². The molecule has 3 atom stereocenters. The van der Waals surface area contributed by atoms with Crippen LogP contribution >= 0.6 is 0 Å². The van der Waals surface area contributed by atoms with E-state index >= 15 is 0 Å². The molecule has 3 saturated heterocycles. The summed E-state index contributed by atoms with van der Waals surface area (Å²) in [4.78, 5) is 5.10. The van der Waals surface area contributed by atoms with Crippen molar-refractivity contribution in [2.45, 2.75) is 38.4 Å². The second-order valence-corrected chi connectivity index (χ2v) is 6.09. The largest absolute Gasteiger partial charge is 0.629 e. The van der Waals surface area contributed by atoms with E-state index in [9.17, 15) is 5.21 Å². The number of nitrogens with one attached hydrogen (secondary N) is 1. The lowest BCUT2D eigenvalue weighted by atomic mass is 9.85. The summed E-state index contributed by atoms with van der Waals surface area (Å²) in [6.45, 7) is 6.81. The van der Waals surface area contributed by atoms with Gasteiger partial charge < -0.3 is 15.2 Å². The average Bonchev–Trinajstić information content (AvgIpc) is 2.38. The summed E-state index contributed by atoms with van der Waals surface area (Å²) in [5, 5.41) is 11.4. The standard InChI is InChI=1S/C15H23N3O/c1-11(2)18-14-8-15(18)10-17(9-14)13-6-4-12(5-7-13)16(3)19/h4-7,11,14-16H,8-10H2,1-3H3. The van der Waals surface area contributed by atoms with E-state index in [2.05, 4.69) is 35.8 Å².